The highest BCUT2D eigenvalue weighted by molar-refractivity contribution is 9.10. The van der Waals surface area contributed by atoms with E-state index in [4.69, 9.17) is 4.55 Å². The fourth-order valence-corrected chi connectivity index (χ4v) is 2.80. The first-order chi connectivity index (χ1) is 7.00. The van der Waals surface area contributed by atoms with Gasteiger partial charge in [0.25, 0.3) is 10.1 Å². The van der Waals surface area contributed by atoms with Gasteiger partial charge in [0.15, 0.2) is 0 Å². The van der Waals surface area contributed by atoms with Crippen molar-refractivity contribution >= 4 is 36.8 Å². The van der Waals surface area contributed by atoms with E-state index in [2.05, 4.69) is 20.9 Å². The fraction of sp³-hybridized carbons (Fsp3) is 0. The number of halogens is 1. The Labute approximate surface area is 94.8 Å². The second-order valence-corrected chi connectivity index (χ2v) is 5.19. The summed E-state index contributed by atoms with van der Waals surface area (Å²) in [5.41, 5.74) is 0. The molecule has 0 amide bonds. The first kappa shape index (κ1) is 10.5. The molecule has 1 aromatic carbocycles. The monoisotopic (exact) mass is 287 g/mol. The molecule has 0 spiro atoms. The molecular formula is C9H6BrNO3S. The van der Waals surface area contributed by atoms with Gasteiger partial charge >= 0.3 is 0 Å². The highest BCUT2D eigenvalue weighted by Gasteiger charge is 2.15. The van der Waals surface area contributed by atoms with E-state index in [9.17, 15) is 8.42 Å². The second-order valence-electron chi connectivity index (χ2n) is 2.95. The van der Waals surface area contributed by atoms with Crippen LogP contribution in [0.3, 0.4) is 0 Å². The van der Waals surface area contributed by atoms with Gasteiger partial charge in [-0.05, 0) is 22.0 Å². The molecule has 0 saturated heterocycles. The van der Waals surface area contributed by atoms with Crippen LogP contribution in [0, 0.1) is 0 Å². The lowest BCUT2D eigenvalue weighted by Gasteiger charge is -2.04. The summed E-state index contributed by atoms with van der Waals surface area (Å²) < 4.78 is 31.8. The van der Waals surface area contributed by atoms with Gasteiger partial charge in [0, 0.05) is 27.6 Å². The molecule has 78 valence electrons. The SMILES string of the molecule is O=S(=O)(O)c1cccc2cncc(Br)c12. The van der Waals surface area contributed by atoms with Crippen LogP contribution in [0.25, 0.3) is 10.8 Å². The second kappa shape index (κ2) is 3.55. The lowest BCUT2D eigenvalue weighted by molar-refractivity contribution is 0.484. The molecule has 0 saturated carbocycles. The van der Waals surface area contributed by atoms with Crippen LogP contribution in [0.4, 0.5) is 0 Å². The maximum atomic E-state index is 11.1. The predicted molar refractivity (Wildman–Crippen MR) is 59.3 cm³/mol. The van der Waals surface area contributed by atoms with Crippen molar-refractivity contribution in [3.63, 3.8) is 0 Å². The molecule has 2 rings (SSSR count). The van der Waals surface area contributed by atoms with Gasteiger partial charge in [-0.1, -0.05) is 12.1 Å². The Balaban J connectivity index is 2.99. The van der Waals surface area contributed by atoms with Crippen LogP contribution in [-0.4, -0.2) is 18.0 Å². The Morgan fingerprint density at radius 3 is 2.67 bits per heavy atom. The van der Waals surface area contributed by atoms with Gasteiger partial charge in [0.05, 0.1) is 0 Å². The lowest BCUT2D eigenvalue weighted by Crippen LogP contribution is -1.99. The van der Waals surface area contributed by atoms with E-state index in [1.807, 2.05) is 0 Å². The summed E-state index contributed by atoms with van der Waals surface area (Å²) in [4.78, 5) is 3.80. The van der Waals surface area contributed by atoms with Crippen LogP contribution in [0.1, 0.15) is 0 Å². The molecule has 0 aliphatic carbocycles. The predicted octanol–water partition coefficient (Wildman–Crippen LogP) is 2.24. The Hall–Kier alpha value is -0.980. The minimum atomic E-state index is -4.21. The molecule has 0 radical (unpaired) electrons. The summed E-state index contributed by atoms with van der Waals surface area (Å²) in [6.07, 6.45) is 3.02. The Morgan fingerprint density at radius 1 is 1.27 bits per heavy atom. The van der Waals surface area contributed by atoms with Crippen molar-refractivity contribution in [1.82, 2.24) is 4.98 Å². The lowest BCUT2D eigenvalue weighted by atomic mass is 10.2. The van der Waals surface area contributed by atoms with Gasteiger partial charge in [-0.3, -0.25) is 9.54 Å². The summed E-state index contributed by atoms with van der Waals surface area (Å²) in [5, 5.41) is 1.09. The summed E-state index contributed by atoms with van der Waals surface area (Å²) >= 11 is 3.20. The van der Waals surface area contributed by atoms with Crippen molar-refractivity contribution in [2.45, 2.75) is 4.90 Å². The van der Waals surface area contributed by atoms with E-state index in [1.54, 1.807) is 12.1 Å². The largest absolute Gasteiger partial charge is 0.295 e. The maximum absolute atomic E-state index is 11.1. The minimum Gasteiger partial charge on any atom is -0.282 e. The number of aromatic nitrogens is 1. The zero-order valence-electron chi connectivity index (χ0n) is 7.38. The summed E-state index contributed by atoms with van der Waals surface area (Å²) in [5.74, 6) is 0. The fourth-order valence-electron chi connectivity index (χ4n) is 1.37. The zero-order valence-corrected chi connectivity index (χ0v) is 9.79. The number of benzene rings is 1. The molecule has 1 N–H and O–H groups in total. The van der Waals surface area contributed by atoms with Crippen LogP contribution in [-0.2, 0) is 10.1 Å². The highest BCUT2D eigenvalue weighted by Crippen LogP contribution is 2.28. The van der Waals surface area contributed by atoms with Crippen LogP contribution in [0.15, 0.2) is 40.0 Å². The topological polar surface area (TPSA) is 67.3 Å². The molecule has 6 heteroatoms. The van der Waals surface area contributed by atoms with E-state index < -0.39 is 10.1 Å². The molecule has 0 fully saturated rings. The van der Waals surface area contributed by atoms with Crippen molar-refractivity contribution in [2.75, 3.05) is 0 Å². The molecule has 0 unspecified atom stereocenters. The normalized spacial score (nSPS) is 11.9. The van der Waals surface area contributed by atoms with Gasteiger partial charge in [0.1, 0.15) is 4.90 Å². The Kier molecular flexibility index (Phi) is 2.49. The molecule has 0 aliphatic rings. The third kappa shape index (κ3) is 1.88. The molecule has 0 aliphatic heterocycles. The summed E-state index contributed by atoms with van der Waals surface area (Å²) in [7, 11) is -4.21. The molecule has 0 bridgehead atoms. The molecular weight excluding hydrogens is 282 g/mol. The maximum Gasteiger partial charge on any atom is 0.295 e. The van der Waals surface area contributed by atoms with Crippen LogP contribution < -0.4 is 0 Å². The average Bonchev–Trinajstić information content (AvgIpc) is 2.16. The van der Waals surface area contributed by atoms with Gasteiger partial charge in [-0.15, -0.1) is 0 Å². The number of rotatable bonds is 1. The first-order valence-corrected chi connectivity index (χ1v) is 6.23. The van der Waals surface area contributed by atoms with Crippen molar-refractivity contribution in [2.24, 2.45) is 0 Å². The smallest absolute Gasteiger partial charge is 0.282 e. The number of hydrogen-bond donors (Lipinski definition) is 1. The number of hydrogen-bond acceptors (Lipinski definition) is 3. The number of pyridine rings is 1. The Morgan fingerprint density at radius 2 is 2.00 bits per heavy atom. The highest BCUT2D eigenvalue weighted by atomic mass is 79.9. The van der Waals surface area contributed by atoms with E-state index in [-0.39, 0.29) is 4.90 Å². The Bertz CT molecular complexity index is 619. The van der Waals surface area contributed by atoms with Gasteiger partial charge in [-0.25, -0.2) is 0 Å². The molecule has 4 nitrogen and oxygen atoms in total. The summed E-state index contributed by atoms with van der Waals surface area (Å²) in [6, 6.07) is 4.63. The quantitative estimate of drug-likeness (QED) is 0.817. The van der Waals surface area contributed by atoms with Crippen molar-refractivity contribution in [3.8, 4) is 0 Å². The number of nitrogens with zero attached hydrogens (tertiary/aromatic N) is 1. The van der Waals surface area contributed by atoms with E-state index >= 15 is 0 Å². The molecule has 1 aromatic heterocycles. The van der Waals surface area contributed by atoms with Crippen molar-refractivity contribution < 1.29 is 13.0 Å². The summed E-state index contributed by atoms with van der Waals surface area (Å²) in [6.45, 7) is 0. The van der Waals surface area contributed by atoms with Crippen molar-refractivity contribution in [1.29, 1.82) is 0 Å². The van der Waals surface area contributed by atoms with Crippen LogP contribution >= 0.6 is 15.9 Å². The average molecular weight is 288 g/mol. The van der Waals surface area contributed by atoms with E-state index in [0.29, 0.717) is 15.2 Å². The third-order valence-corrected chi connectivity index (χ3v) is 3.47. The van der Waals surface area contributed by atoms with Crippen LogP contribution in [0.2, 0.25) is 0 Å². The van der Waals surface area contributed by atoms with Gasteiger partial charge < -0.3 is 0 Å². The standard InChI is InChI=1S/C9H6BrNO3S/c10-7-5-11-4-6-2-1-3-8(9(6)7)15(12,13)14/h1-5H,(H,12,13,14). The zero-order chi connectivity index (χ0) is 11.1. The molecule has 2 aromatic rings. The minimum absolute atomic E-state index is 0.116. The first-order valence-electron chi connectivity index (χ1n) is 4.00. The van der Waals surface area contributed by atoms with E-state index in [1.165, 1.54) is 18.5 Å². The molecule has 1 heterocycles. The molecule has 15 heavy (non-hydrogen) atoms. The van der Waals surface area contributed by atoms with Gasteiger partial charge in [-0.2, -0.15) is 8.42 Å². The van der Waals surface area contributed by atoms with E-state index in [0.717, 1.165) is 0 Å². The van der Waals surface area contributed by atoms with Crippen LogP contribution in [0.5, 0.6) is 0 Å². The van der Waals surface area contributed by atoms with Crippen molar-refractivity contribution in [3.05, 3.63) is 35.1 Å². The third-order valence-electron chi connectivity index (χ3n) is 1.98. The molecule has 0 atom stereocenters. The number of fused-ring (bicyclic) bond motifs is 1. The van der Waals surface area contributed by atoms with Gasteiger partial charge in [0.2, 0.25) is 0 Å².